The fourth-order valence-electron chi connectivity index (χ4n) is 3.37. The Morgan fingerprint density at radius 3 is 2.47 bits per heavy atom. The first-order valence-electron chi connectivity index (χ1n) is 9.74. The molecule has 0 aliphatic carbocycles. The van der Waals surface area contributed by atoms with Crippen molar-refractivity contribution in [3.63, 3.8) is 0 Å². The predicted molar refractivity (Wildman–Crippen MR) is 111 cm³/mol. The first-order valence-corrected chi connectivity index (χ1v) is 9.74. The molecule has 1 saturated heterocycles. The summed E-state index contributed by atoms with van der Waals surface area (Å²) in [7, 11) is 2.97. The predicted octanol–water partition coefficient (Wildman–Crippen LogP) is 3.94. The van der Waals surface area contributed by atoms with Gasteiger partial charge >= 0.3 is 6.18 Å². The molecule has 0 aromatic heterocycles. The maximum Gasteiger partial charge on any atom is 0.422 e. The summed E-state index contributed by atoms with van der Waals surface area (Å²) in [5.41, 5.74) is 1.34. The summed E-state index contributed by atoms with van der Waals surface area (Å²) < 4.78 is 53.0. The zero-order valence-electron chi connectivity index (χ0n) is 17.8. The number of carbonyl (C=O) groups is 2. The summed E-state index contributed by atoms with van der Waals surface area (Å²) in [5.74, 6) is -0.569. The second-order valence-corrected chi connectivity index (χ2v) is 7.34. The van der Waals surface area contributed by atoms with E-state index in [0.29, 0.717) is 22.7 Å². The number of halogens is 3. The van der Waals surface area contributed by atoms with E-state index in [2.05, 4.69) is 5.32 Å². The molecule has 3 rings (SSSR count). The molecule has 1 fully saturated rings. The summed E-state index contributed by atoms with van der Waals surface area (Å²) in [6.07, 6.45) is -4.55. The molecular weight excluding hydrogens is 429 g/mol. The Morgan fingerprint density at radius 1 is 1.09 bits per heavy atom. The van der Waals surface area contributed by atoms with Crippen LogP contribution in [-0.2, 0) is 9.59 Å². The van der Waals surface area contributed by atoms with Gasteiger partial charge in [0.1, 0.15) is 5.75 Å². The van der Waals surface area contributed by atoms with Crippen molar-refractivity contribution >= 4 is 23.2 Å². The fourth-order valence-corrected chi connectivity index (χ4v) is 3.37. The topological polar surface area (TPSA) is 77.1 Å². The number of benzene rings is 2. The second kappa shape index (κ2) is 9.37. The van der Waals surface area contributed by atoms with Crippen LogP contribution < -0.4 is 24.4 Å². The minimum absolute atomic E-state index is 0.0369. The standard InChI is InChI=1S/C22H23F3N2O5/c1-13-4-6-16(18(8-13)32-12-22(23,24)25)26-21(29)14-9-20(28)27(11-14)15-5-7-17(30-2)19(10-15)31-3/h4-8,10,14H,9,11-12H2,1-3H3,(H,26,29). The number of amides is 2. The highest BCUT2D eigenvalue weighted by Crippen LogP contribution is 2.35. The van der Waals surface area contributed by atoms with Crippen LogP contribution in [0.5, 0.6) is 17.2 Å². The van der Waals surface area contributed by atoms with Gasteiger partial charge in [0.2, 0.25) is 11.8 Å². The van der Waals surface area contributed by atoms with E-state index in [4.69, 9.17) is 14.2 Å². The van der Waals surface area contributed by atoms with Crippen LogP contribution in [0.2, 0.25) is 0 Å². The molecule has 0 spiro atoms. The van der Waals surface area contributed by atoms with Gasteiger partial charge in [-0.2, -0.15) is 13.2 Å². The Bertz CT molecular complexity index is 1010. The summed E-state index contributed by atoms with van der Waals surface area (Å²) in [6.45, 7) is 0.335. The average Bonchev–Trinajstić information content (AvgIpc) is 3.14. The highest BCUT2D eigenvalue weighted by molar-refractivity contribution is 6.04. The van der Waals surface area contributed by atoms with Crippen molar-refractivity contribution in [2.45, 2.75) is 19.5 Å². The van der Waals surface area contributed by atoms with Gasteiger partial charge < -0.3 is 24.4 Å². The maximum absolute atomic E-state index is 12.8. The number of nitrogens with zero attached hydrogens (tertiary/aromatic N) is 1. The number of rotatable bonds is 7. The molecule has 2 amide bonds. The van der Waals surface area contributed by atoms with Gasteiger partial charge in [-0.3, -0.25) is 9.59 Å². The molecular formula is C22H23F3N2O5. The van der Waals surface area contributed by atoms with Crippen LogP contribution in [0.25, 0.3) is 0 Å². The Labute approximate surface area is 183 Å². The first-order chi connectivity index (χ1) is 15.1. The summed E-state index contributed by atoms with van der Waals surface area (Å²) in [4.78, 5) is 26.8. The third kappa shape index (κ3) is 5.43. The lowest BCUT2D eigenvalue weighted by atomic mass is 10.1. The number of hydrogen-bond acceptors (Lipinski definition) is 5. The van der Waals surface area contributed by atoms with Crippen molar-refractivity contribution in [2.24, 2.45) is 5.92 Å². The number of carbonyl (C=O) groups excluding carboxylic acids is 2. The normalized spacial score (nSPS) is 16.1. The summed E-state index contributed by atoms with van der Waals surface area (Å²) in [6, 6.07) is 9.51. The Hall–Kier alpha value is -3.43. The van der Waals surface area contributed by atoms with Crippen LogP contribution in [-0.4, -0.2) is 45.4 Å². The number of aryl methyl sites for hydroxylation is 1. The molecule has 172 valence electrons. The lowest BCUT2D eigenvalue weighted by Gasteiger charge is -2.19. The molecule has 32 heavy (non-hydrogen) atoms. The number of anilines is 2. The third-order valence-electron chi connectivity index (χ3n) is 4.96. The van der Waals surface area contributed by atoms with Gasteiger partial charge in [0, 0.05) is 24.7 Å². The van der Waals surface area contributed by atoms with Crippen molar-refractivity contribution in [1.29, 1.82) is 0 Å². The van der Waals surface area contributed by atoms with Gasteiger partial charge in [-0.1, -0.05) is 6.07 Å². The molecule has 2 aromatic carbocycles. The van der Waals surface area contributed by atoms with Crippen molar-refractivity contribution < 1.29 is 37.0 Å². The van der Waals surface area contributed by atoms with E-state index in [0.717, 1.165) is 0 Å². The third-order valence-corrected chi connectivity index (χ3v) is 4.96. The number of hydrogen-bond donors (Lipinski definition) is 1. The van der Waals surface area contributed by atoms with E-state index >= 15 is 0 Å². The Morgan fingerprint density at radius 2 is 1.81 bits per heavy atom. The molecule has 1 unspecified atom stereocenters. The molecule has 0 saturated carbocycles. The minimum atomic E-state index is -4.51. The quantitative estimate of drug-likeness (QED) is 0.689. The Kier molecular flexibility index (Phi) is 6.81. The highest BCUT2D eigenvalue weighted by Gasteiger charge is 2.36. The van der Waals surface area contributed by atoms with E-state index in [9.17, 15) is 22.8 Å². The summed E-state index contributed by atoms with van der Waals surface area (Å²) in [5, 5.41) is 2.59. The van der Waals surface area contributed by atoms with Gasteiger partial charge in [-0.25, -0.2) is 0 Å². The highest BCUT2D eigenvalue weighted by atomic mass is 19.4. The lowest BCUT2D eigenvalue weighted by molar-refractivity contribution is -0.153. The zero-order chi connectivity index (χ0) is 23.5. The van der Waals surface area contributed by atoms with Gasteiger partial charge in [-0.05, 0) is 36.8 Å². The van der Waals surface area contributed by atoms with Crippen LogP contribution in [0.4, 0.5) is 24.5 Å². The molecule has 1 aliphatic rings. The van der Waals surface area contributed by atoms with Gasteiger partial charge in [-0.15, -0.1) is 0 Å². The number of alkyl halides is 3. The van der Waals surface area contributed by atoms with Crippen LogP contribution in [0, 0.1) is 12.8 Å². The second-order valence-electron chi connectivity index (χ2n) is 7.34. The first kappa shape index (κ1) is 23.2. The van der Waals surface area contributed by atoms with Crippen LogP contribution >= 0.6 is 0 Å². The minimum Gasteiger partial charge on any atom is -0.493 e. The van der Waals surface area contributed by atoms with Gasteiger partial charge in [0.25, 0.3) is 0 Å². The van der Waals surface area contributed by atoms with E-state index in [1.807, 2.05) is 0 Å². The monoisotopic (exact) mass is 452 g/mol. The zero-order valence-corrected chi connectivity index (χ0v) is 17.8. The SMILES string of the molecule is COc1ccc(N2CC(C(=O)Nc3ccc(C)cc3OCC(F)(F)F)CC2=O)cc1OC. The van der Waals surface area contributed by atoms with E-state index in [1.165, 1.54) is 31.3 Å². The van der Waals surface area contributed by atoms with Crippen molar-refractivity contribution in [3.8, 4) is 17.2 Å². The number of methoxy groups -OCH3 is 2. The molecule has 1 heterocycles. The van der Waals surface area contributed by atoms with Crippen LogP contribution in [0.3, 0.4) is 0 Å². The van der Waals surface area contributed by atoms with Crippen molar-refractivity contribution in [3.05, 3.63) is 42.0 Å². The molecule has 0 bridgehead atoms. The molecule has 1 aliphatic heterocycles. The van der Waals surface area contributed by atoms with E-state index < -0.39 is 24.6 Å². The van der Waals surface area contributed by atoms with Crippen molar-refractivity contribution in [1.82, 2.24) is 0 Å². The number of nitrogens with one attached hydrogen (secondary N) is 1. The smallest absolute Gasteiger partial charge is 0.422 e. The average molecular weight is 452 g/mol. The Balaban J connectivity index is 1.73. The largest absolute Gasteiger partial charge is 0.493 e. The lowest BCUT2D eigenvalue weighted by Crippen LogP contribution is -2.28. The van der Waals surface area contributed by atoms with E-state index in [-0.39, 0.29) is 30.3 Å². The van der Waals surface area contributed by atoms with Crippen LogP contribution in [0.1, 0.15) is 12.0 Å². The van der Waals surface area contributed by atoms with E-state index in [1.54, 1.807) is 31.2 Å². The molecule has 1 N–H and O–H groups in total. The molecule has 2 aromatic rings. The molecule has 1 atom stereocenters. The van der Waals surface area contributed by atoms with Gasteiger partial charge in [0.05, 0.1) is 25.8 Å². The fraction of sp³-hybridized carbons (Fsp3) is 0.364. The van der Waals surface area contributed by atoms with Crippen LogP contribution in [0.15, 0.2) is 36.4 Å². The molecule has 10 heteroatoms. The van der Waals surface area contributed by atoms with Gasteiger partial charge in [0.15, 0.2) is 18.1 Å². The number of ether oxygens (including phenoxy) is 3. The van der Waals surface area contributed by atoms with Crippen molar-refractivity contribution in [2.75, 3.05) is 37.6 Å². The summed E-state index contributed by atoms with van der Waals surface area (Å²) >= 11 is 0. The molecule has 0 radical (unpaired) electrons. The molecule has 7 nitrogen and oxygen atoms in total. The maximum atomic E-state index is 12.8.